The summed E-state index contributed by atoms with van der Waals surface area (Å²) in [6.07, 6.45) is 1.04. The normalized spacial score (nSPS) is 10.1. The molecule has 1 aromatic heterocycles. The summed E-state index contributed by atoms with van der Waals surface area (Å²) in [7, 11) is 0. The second-order valence-corrected chi connectivity index (χ2v) is 3.87. The fraction of sp³-hybridized carbons (Fsp3) is 0.429. The van der Waals surface area contributed by atoms with E-state index >= 15 is 0 Å². The van der Waals surface area contributed by atoms with Gasteiger partial charge in [-0.3, -0.25) is 0 Å². The predicted octanol–water partition coefficient (Wildman–Crippen LogP) is 3.27. The molecule has 0 amide bonds. The monoisotopic (exact) mass is 160 g/mol. The Morgan fingerprint density at radius 2 is 2.33 bits per heavy atom. The van der Waals surface area contributed by atoms with E-state index in [4.69, 9.17) is 11.6 Å². The lowest BCUT2D eigenvalue weighted by Crippen LogP contribution is -1.70. The van der Waals surface area contributed by atoms with E-state index in [1.807, 2.05) is 0 Å². The Morgan fingerprint density at radius 1 is 1.67 bits per heavy atom. The zero-order chi connectivity index (χ0) is 6.85. The maximum absolute atomic E-state index is 5.86. The van der Waals surface area contributed by atoms with Crippen molar-refractivity contribution in [2.75, 3.05) is 0 Å². The van der Waals surface area contributed by atoms with E-state index in [2.05, 4.69) is 19.9 Å². The van der Waals surface area contributed by atoms with Crippen LogP contribution in [0.2, 0.25) is 4.34 Å². The largest absolute Gasteiger partial charge is 0.128 e. The van der Waals surface area contributed by atoms with Gasteiger partial charge in [0.05, 0.1) is 4.34 Å². The summed E-state index contributed by atoms with van der Waals surface area (Å²) in [6.45, 7) is 4.20. The molecule has 0 aliphatic rings. The van der Waals surface area contributed by atoms with Crippen LogP contribution in [0, 0.1) is 6.92 Å². The van der Waals surface area contributed by atoms with Crippen LogP contribution in [0.3, 0.4) is 0 Å². The molecule has 50 valence electrons. The lowest BCUT2D eigenvalue weighted by atomic mass is 10.2. The fourth-order valence-electron chi connectivity index (χ4n) is 0.779. The van der Waals surface area contributed by atoms with Crippen molar-refractivity contribution in [3.8, 4) is 0 Å². The van der Waals surface area contributed by atoms with Gasteiger partial charge in [0, 0.05) is 4.88 Å². The first-order valence-electron chi connectivity index (χ1n) is 2.99. The van der Waals surface area contributed by atoms with E-state index in [0.717, 1.165) is 10.8 Å². The van der Waals surface area contributed by atoms with Gasteiger partial charge in [-0.25, -0.2) is 0 Å². The maximum Gasteiger partial charge on any atom is 0.0962 e. The summed E-state index contributed by atoms with van der Waals surface area (Å²) in [4.78, 5) is 1.30. The molecule has 0 aromatic carbocycles. The Balaban J connectivity index is 3.01. The highest BCUT2D eigenvalue weighted by atomic mass is 35.5. The minimum Gasteiger partial charge on any atom is -0.128 e. The van der Waals surface area contributed by atoms with E-state index in [1.54, 1.807) is 11.3 Å². The van der Waals surface area contributed by atoms with Crippen LogP contribution in [0.15, 0.2) is 6.07 Å². The van der Waals surface area contributed by atoms with Gasteiger partial charge in [-0.1, -0.05) is 18.5 Å². The molecule has 0 saturated heterocycles. The van der Waals surface area contributed by atoms with Crippen LogP contribution in [0.5, 0.6) is 0 Å². The average molecular weight is 161 g/mol. The van der Waals surface area contributed by atoms with Gasteiger partial charge in [0.1, 0.15) is 0 Å². The molecule has 0 saturated carbocycles. The zero-order valence-corrected chi connectivity index (χ0v) is 7.14. The van der Waals surface area contributed by atoms with Crippen LogP contribution < -0.4 is 0 Å². The number of aryl methyl sites for hydroxylation is 2. The predicted molar refractivity (Wildman–Crippen MR) is 43.4 cm³/mol. The molecule has 0 N–H and O–H groups in total. The third-order valence-electron chi connectivity index (χ3n) is 1.26. The van der Waals surface area contributed by atoms with E-state index in [-0.39, 0.29) is 0 Å². The Bertz CT molecular complexity index is 203. The van der Waals surface area contributed by atoms with Crippen LogP contribution in [-0.2, 0) is 6.42 Å². The van der Waals surface area contributed by atoms with E-state index in [0.29, 0.717) is 0 Å². The lowest BCUT2D eigenvalue weighted by molar-refractivity contribution is 1.15. The quantitative estimate of drug-likeness (QED) is 0.592. The molecule has 1 heterocycles. The van der Waals surface area contributed by atoms with Crippen LogP contribution >= 0.6 is 22.9 Å². The molecule has 0 radical (unpaired) electrons. The first-order valence-corrected chi connectivity index (χ1v) is 4.18. The van der Waals surface area contributed by atoms with E-state index in [1.165, 1.54) is 10.4 Å². The van der Waals surface area contributed by atoms with Crippen molar-refractivity contribution in [2.24, 2.45) is 0 Å². The van der Waals surface area contributed by atoms with E-state index in [9.17, 15) is 0 Å². The number of halogens is 1. The molecule has 1 rings (SSSR count). The smallest absolute Gasteiger partial charge is 0.0962 e. The number of rotatable bonds is 1. The van der Waals surface area contributed by atoms with Crippen LogP contribution in [0.4, 0.5) is 0 Å². The Labute approximate surface area is 64.5 Å². The molecule has 2 heteroatoms. The Hall–Kier alpha value is -0.0100. The molecule has 0 fully saturated rings. The van der Waals surface area contributed by atoms with Gasteiger partial charge >= 0.3 is 0 Å². The summed E-state index contributed by atoms with van der Waals surface area (Å²) in [6, 6.07) is 2.15. The first-order chi connectivity index (χ1) is 4.24. The van der Waals surface area contributed by atoms with Gasteiger partial charge in [0.25, 0.3) is 0 Å². The summed E-state index contributed by atoms with van der Waals surface area (Å²) in [5.74, 6) is 0. The minimum absolute atomic E-state index is 0.954. The van der Waals surface area contributed by atoms with Crippen LogP contribution in [0.25, 0.3) is 0 Å². The zero-order valence-electron chi connectivity index (χ0n) is 5.57. The highest BCUT2D eigenvalue weighted by molar-refractivity contribution is 7.16. The molecular formula is C7H9ClS. The lowest BCUT2D eigenvalue weighted by Gasteiger charge is -1.85. The van der Waals surface area contributed by atoms with Crippen molar-refractivity contribution in [1.82, 2.24) is 0 Å². The van der Waals surface area contributed by atoms with Gasteiger partial charge in [0.15, 0.2) is 0 Å². The van der Waals surface area contributed by atoms with Crippen molar-refractivity contribution in [3.63, 3.8) is 0 Å². The van der Waals surface area contributed by atoms with Gasteiger partial charge in [-0.15, -0.1) is 11.3 Å². The highest BCUT2D eigenvalue weighted by Gasteiger charge is 1.99. The minimum atomic E-state index is 0.954. The van der Waals surface area contributed by atoms with Crippen LogP contribution in [-0.4, -0.2) is 0 Å². The molecule has 0 aliphatic heterocycles. The van der Waals surface area contributed by atoms with Crippen molar-refractivity contribution in [1.29, 1.82) is 0 Å². The molecule has 0 nitrogen and oxygen atoms in total. The third-order valence-corrected chi connectivity index (χ3v) is 2.62. The molecule has 0 bridgehead atoms. The van der Waals surface area contributed by atoms with Gasteiger partial charge < -0.3 is 0 Å². The van der Waals surface area contributed by atoms with Crippen molar-refractivity contribution < 1.29 is 0 Å². The van der Waals surface area contributed by atoms with E-state index < -0.39 is 0 Å². The first kappa shape index (κ1) is 7.10. The molecule has 0 aliphatic carbocycles. The van der Waals surface area contributed by atoms with Crippen molar-refractivity contribution in [3.05, 3.63) is 20.8 Å². The van der Waals surface area contributed by atoms with Gasteiger partial charge in [0.2, 0.25) is 0 Å². The second kappa shape index (κ2) is 2.72. The summed E-state index contributed by atoms with van der Waals surface area (Å²) in [5.41, 5.74) is 1.28. The number of thiophene rings is 1. The number of hydrogen-bond acceptors (Lipinski definition) is 1. The maximum atomic E-state index is 5.86. The topological polar surface area (TPSA) is 0 Å². The summed E-state index contributed by atoms with van der Waals surface area (Å²) >= 11 is 7.52. The molecule has 9 heavy (non-hydrogen) atoms. The standard InChI is InChI=1S/C7H9ClS/c1-3-6-4-5(2)9-7(6)8/h4H,3H2,1-2H3. The van der Waals surface area contributed by atoms with Crippen molar-refractivity contribution >= 4 is 22.9 Å². The number of hydrogen-bond donors (Lipinski definition) is 0. The van der Waals surface area contributed by atoms with Crippen LogP contribution in [0.1, 0.15) is 17.4 Å². The average Bonchev–Trinajstić information content (AvgIpc) is 2.10. The fourth-order valence-corrected chi connectivity index (χ4v) is 2.15. The second-order valence-electron chi connectivity index (χ2n) is 2.01. The SMILES string of the molecule is CCc1cc(C)sc1Cl. The summed E-state index contributed by atoms with van der Waals surface area (Å²) in [5, 5.41) is 0. The molecule has 0 spiro atoms. The molecule has 0 atom stereocenters. The molecule has 0 unspecified atom stereocenters. The highest BCUT2D eigenvalue weighted by Crippen LogP contribution is 2.26. The summed E-state index contributed by atoms with van der Waals surface area (Å²) < 4.78 is 0.954. The third kappa shape index (κ3) is 1.46. The van der Waals surface area contributed by atoms with Crippen molar-refractivity contribution in [2.45, 2.75) is 20.3 Å². The van der Waals surface area contributed by atoms with Gasteiger partial charge in [-0.2, -0.15) is 0 Å². The van der Waals surface area contributed by atoms with Gasteiger partial charge in [-0.05, 0) is 25.0 Å². The Morgan fingerprint density at radius 3 is 2.56 bits per heavy atom. The Kier molecular flexibility index (Phi) is 2.14. The molecular weight excluding hydrogens is 152 g/mol. The molecule has 1 aromatic rings.